The van der Waals surface area contributed by atoms with Crippen LogP contribution < -0.4 is 0 Å². The summed E-state index contributed by atoms with van der Waals surface area (Å²) in [5, 5.41) is 0. The molecule has 4 heterocycles. The number of fused-ring (bicyclic) bond motifs is 2. The summed E-state index contributed by atoms with van der Waals surface area (Å²) >= 11 is 0. The zero-order valence-electron chi connectivity index (χ0n) is 37.0. The highest BCUT2D eigenvalue weighted by molar-refractivity contribution is 6.21. The Hall–Kier alpha value is -5.91. The van der Waals surface area contributed by atoms with Crippen molar-refractivity contribution in [3.05, 3.63) is 192 Å². The van der Waals surface area contributed by atoms with Crippen LogP contribution in [0.2, 0.25) is 0 Å². The average Bonchev–Trinajstić information content (AvgIpc) is 3.61. The third kappa shape index (κ3) is 10.6. The smallest absolute Gasteiger partial charge is 0.303 e. The summed E-state index contributed by atoms with van der Waals surface area (Å²) in [5.41, 5.74) is 3.83. The van der Waals surface area contributed by atoms with Crippen molar-refractivity contribution in [2.45, 2.75) is 94.4 Å². The predicted octanol–water partition coefficient (Wildman–Crippen LogP) is 7.12. The Morgan fingerprint density at radius 3 is 1.78 bits per heavy atom. The van der Waals surface area contributed by atoms with Crippen molar-refractivity contribution in [1.29, 1.82) is 0 Å². The second-order valence-electron chi connectivity index (χ2n) is 16.6. The van der Waals surface area contributed by atoms with E-state index in [2.05, 4.69) is 6.58 Å². The maximum Gasteiger partial charge on any atom is 0.303 e. The van der Waals surface area contributed by atoms with E-state index in [1.165, 1.54) is 6.92 Å². The van der Waals surface area contributed by atoms with Crippen molar-refractivity contribution in [3.63, 3.8) is 0 Å². The molecule has 2 amide bonds. The molecule has 3 saturated heterocycles. The van der Waals surface area contributed by atoms with Crippen LogP contribution in [0.5, 0.6) is 0 Å². The lowest BCUT2D eigenvalue weighted by Gasteiger charge is -2.52. The van der Waals surface area contributed by atoms with Gasteiger partial charge in [0.2, 0.25) is 0 Å². The van der Waals surface area contributed by atoms with Crippen molar-refractivity contribution in [2.24, 2.45) is 0 Å². The van der Waals surface area contributed by atoms with Gasteiger partial charge in [-0.15, -0.1) is 6.58 Å². The molecule has 0 saturated carbocycles. The Morgan fingerprint density at radius 2 is 1.19 bits per heavy atom. The molecule has 11 atom stereocenters. The Morgan fingerprint density at radius 1 is 0.642 bits per heavy atom. The van der Waals surface area contributed by atoms with Crippen molar-refractivity contribution in [3.8, 4) is 0 Å². The van der Waals surface area contributed by atoms with Gasteiger partial charge in [0, 0.05) is 12.5 Å². The molecule has 0 aliphatic carbocycles. The van der Waals surface area contributed by atoms with Gasteiger partial charge in [-0.1, -0.05) is 140 Å². The SMILES string of the molecule is C=CCO[C@@H]1O[C@H](COCc2ccccc2)[C@@H](O[C@@H]2O[C@@H]3CO[C@@H](c4ccccc4)O[C@H]3[C@H](OCc3ccccc3)[C@H]2OC(C)=O)[C@H](OCc2ccccc2)[C@H]1N1C(=O)c2ccccc2C1=O. The standard InChI is InChI=1S/C53H53NO13/c1-3-28-59-52-43(54-49(56)39-26-16-17-27-40(39)50(54)57)46(60-30-36-20-10-5-11-21-36)44(41(64-52)32-58-29-35-18-8-4-9-19-35)67-53-48(63-34(2)55)47(61-31-37-22-12-6-13-23-37)45-42(65-53)33-62-51(66-45)38-24-14-7-15-25-38/h3-27,41-48,51-53H,1,28-33H2,2H3/t41-,42-,43-,44-,45-,46-,47+,48-,51-,52-,53+/m1/s1. The van der Waals surface area contributed by atoms with Crippen LogP contribution in [0.25, 0.3) is 0 Å². The van der Waals surface area contributed by atoms with Gasteiger partial charge in [-0.2, -0.15) is 0 Å². The quantitative estimate of drug-likeness (QED) is 0.0500. The molecule has 67 heavy (non-hydrogen) atoms. The molecule has 348 valence electrons. The summed E-state index contributed by atoms with van der Waals surface area (Å²) in [6.45, 7) is 5.54. The normalized spacial score (nSPS) is 28.1. The molecule has 14 heteroatoms. The first kappa shape index (κ1) is 46.2. The molecule has 5 aromatic rings. The van der Waals surface area contributed by atoms with Crippen LogP contribution in [0.1, 0.15) is 56.2 Å². The molecule has 0 unspecified atom stereocenters. The first-order chi connectivity index (χ1) is 32.9. The molecular weight excluding hydrogens is 859 g/mol. The second-order valence-corrected chi connectivity index (χ2v) is 16.6. The van der Waals surface area contributed by atoms with Gasteiger partial charge >= 0.3 is 5.97 Å². The number of carbonyl (C=O) groups is 3. The number of benzene rings is 5. The summed E-state index contributed by atoms with van der Waals surface area (Å²) in [7, 11) is 0. The van der Waals surface area contributed by atoms with Gasteiger partial charge in [-0.25, -0.2) is 0 Å². The van der Waals surface area contributed by atoms with Crippen LogP contribution in [0, 0.1) is 0 Å². The first-order valence-electron chi connectivity index (χ1n) is 22.4. The number of amides is 2. The molecule has 4 aliphatic rings. The number of esters is 1. The molecule has 5 aromatic carbocycles. The number of hydrogen-bond donors (Lipinski definition) is 0. The van der Waals surface area contributed by atoms with Crippen molar-refractivity contribution >= 4 is 17.8 Å². The molecule has 4 aliphatic heterocycles. The summed E-state index contributed by atoms with van der Waals surface area (Å²) in [5.74, 6) is -1.73. The molecule has 0 spiro atoms. The van der Waals surface area contributed by atoms with E-state index in [4.69, 9.17) is 47.4 Å². The number of ether oxygens (including phenoxy) is 10. The molecular formula is C53H53NO13. The number of imide groups is 1. The minimum Gasteiger partial charge on any atom is -0.454 e. The number of nitrogens with zero attached hydrogens (tertiary/aromatic N) is 1. The van der Waals surface area contributed by atoms with E-state index < -0.39 is 85.4 Å². The number of carbonyl (C=O) groups excluding carboxylic acids is 3. The highest BCUT2D eigenvalue weighted by atomic mass is 16.8. The lowest BCUT2D eigenvalue weighted by atomic mass is 9.93. The highest BCUT2D eigenvalue weighted by Crippen LogP contribution is 2.41. The van der Waals surface area contributed by atoms with E-state index in [-0.39, 0.29) is 50.8 Å². The molecule has 14 nitrogen and oxygen atoms in total. The zero-order valence-corrected chi connectivity index (χ0v) is 37.0. The third-order valence-corrected chi connectivity index (χ3v) is 12.0. The Balaban J connectivity index is 1.11. The molecule has 0 bridgehead atoms. The van der Waals surface area contributed by atoms with E-state index in [1.54, 1.807) is 30.3 Å². The highest BCUT2D eigenvalue weighted by Gasteiger charge is 2.59. The van der Waals surface area contributed by atoms with E-state index in [0.717, 1.165) is 27.2 Å². The topological polar surface area (TPSA) is 147 Å². The minimum atomic E-state index is -1.37. The van der Waals surface area contributed by atoms with Gasteiger partial charge in [-0.3, -0.25) is 19.3 Å². The molecule has 0 aromatic heterocycles. The van der Waals surface area contributed by atoms with Crippen LogP contribution in [-0.2, 0) is 72.0 Å². The maximum absolute atomic E-state index is 14.5. The largest absolute Gasteiger partial charge is 0.454 e. The average molecular weight is 912 g/mol. The van der Waals surface area contributed by atoms with Gasteiger partial charge in [-0.05, 0) is 28.8 Å². The van der Waals surface area contributed by atoms with Gasteiger partial charge in [0.15, 0.2) is 25.0 Å². The van der Waals surface area contributed by atoms with Gasteiger partial charge in [0.25, 0.3) is 11.8 Å². The number of rotatable bonds is 18. The second kappa shape index (κ2) is 21.8. The summed E-state index contributed by atoms with van der Waals surface area (Å²) < 4.78 is 66.1. The first-order valence-corrected chi connectivity index (χ1v) is 22.4. The fourth-order valence-corrected chi connectivity index (χ4v) is 8.93. The van der Waals surface area contributed by atoms with Gasteiger partial charge < -0.3 is 47.4 Å². The summed E-state index contributed by atoms with van der Waals surface area (Å²) in [6, 6.07) is 43.6. The van der Waals surface area contributed by atoms with Gasteiger partial charge in [0.1, 0.15) is 42.7 Å². The van der Waals surface area contributed by atoms with E-state index >= 15 is 0 Å². The Kier molecular flexibility index (Phi) is 15.0. The van der Waals surface area contributed by atoms with Crippen molar-refractivity contribution < 1.29 is 61.8 Å². The van der Waals surface area contributed by atoms with Crippen molar-refractivity contribution in [1.82, 2.24) is 4.90 Å². The molecule has 0 radical (unpaired) electrons. The van der Waals surface area contributed by atoms with E-state index in [9.17, 15) is 14.4 Å². The monoisotopic (exact) mass is 911 g/mol. The Bertz CT molecular complexity index is 2390. The number of hydrogen-bond acceptors (Lipinski definition) is 13. The summed E-state index contributed by atoms with van der Waals surface area (Å²) in [4.78, 5) is 43.3. The van der Waals surface area contributed by atoms with Crippen LogP contribution in [0.15, 0.2) is 158 Å². The van der Waals surface area contributed by atoms with Crippen LogP contribution in [0.4, 0.5) is 0 Å². The predicted molar refractivity (Wildman–Crippen MR) is 241 cm³/mol. The van der Waals surface area contributed by atoms with Crippen LogP contribution >= 0.6 is 0 Å². The lowest BCUT2D eigenvalue weighted by Crippen LogP contribution is -2.69. The maximum atomic E-state index is 14.5. The van der Waals surface area contributed by atoms with Crippen molar-refractivity contribution in [2.75, 3.05) is 19.8 Å². The molecule has 9 rings (SSSR count). The molecule has 3 fully saturated rings. The van der Waals surface area contributed by atoms with Crippen LogP contribution in [-0.4, -0.2) is 104 Å². The van der Waals surface area contributed by atoms with Crippen LogP contribution in [0.3, 0.4) is 0 Å². The Labute approximate surface area is 389 Å². The fourth-order valence-electron chi connectivity index (χ4n) is 8.93. The fraction of sp³-hybridized carbons (Fsp3) is 0.340. The summed E-state index contributed by atoms with van der Waals surface area (Å²) in [6.07, 6.45) is -8.95. The minimum absolute atomic E-state index is 0.00654. The van der Waals surface area contributed by atoms with E-state index in [1.807, 2.05) is 121 Å². The van der Waals surface area contributed by atoms with Gasteiger partial charge in [0.05, 0.1) is 50.8 Å². The third-order valence-electron chi connectivity index (χ3n) is 12.0. The lowest BCUT2D eigenvalue weighted by molar-refractivity contribution is -0.388. The zero-order chi connectivity index (χ0) is 46.1. The van der Waals surface area contributed by atoms with E-state index in [0.29, 0.717) is 0 Å². The molecule has 0 N–H and O–H groups in total.